The van der Waals surface area contributed by atoms with Crippen molar-refractivity contribution in [3.8, 4) is 0 Å². The summed E-state index contributed by atoms with van der Waals surface area (Å²) in [4.78, 5) is 16.8. The Morgan fingerprint density at radius 3 is 3.35 bits per heavy atom. The predicted octanol–water partition coefficient (Wildman–Crippen LogP) is 1.92. The molecule has 3 aromatic rings. The molecule has 6 heteroatoms. The molecule has 5 nitrogen and oxygen atoms in total. The Morgan fingerprint density at radius 2 is 2.53 bits per heavy atom. The smallest absolute Gasteiger partial charge is 0.269 e. The van der Waals surface area contributed by atoms with Gasteiger partial charge in [0, 0.05) is 17.8 Å². The lowest BCUT2D eigenvalue weighted by molar-refractivity contribution is 0.0942. The largest absolute Gasteiger partial charge is 0.467 e. The molecule has 0 aliphatic carbocycles. The molecule has 0 saturated carbocycles. The highest BCUT2D eigenvalue weighted by atomic mass is 32.1. The van der Waals surface area contributed by atoms with Crippen LogP contribution >= 0.6 is 11.3 Å². The number of furan rings is 1. The topological polar surface area (TPSA) is 59.5 Å². The Morgan fingerprint density at radius 1 is 1.59 bits per heavy atom. The van der Waals surface area contributed by atoms with Crippen LogP contribution < -0.4 is 5.32 Å². The zero-order chi connectivity index (χ0) is 11.7. The van der Waals surface area contributed by atoms with Gasteiger partial charge in [0.25, 0.3) is 5.91 Å². The molecular formula is C11H9N3O2S. The molecular weight excluding hydrogens is 238 g/mol. The molecule has 0 spiro atoms. The summed E-state index contributed by atoms with van der Waals surface area (Å²) in [6.45, 7) is 0.387. The normalized spacial score (nSPS) is 10.8. The lowest BCUT2D eigenvalue weighted by Crippen LogP contribution is -2.23. The van der Waals surface area contributed by atoms with Gasteiger partial charge in [0.2, 0.25) is 0 Å². The fraction of sp³-hybridized carbons (Fsp3) is 0.0909. The number of amides is 1. The molecule has 0 unspecified atom stereocenters. The number of hydrogen-bond donors (Lipinski definition) is 1. The SMILES string of the molecule is O=C(NCc1ccco1)c1csc2nccn12. The molecule has 0 aliphatic heterocycles. The van der Waals surface area contributed by atoms with Crippen molar-refractivity contribution in [2.45, 2.75) is 6.54 Å². The summed E-state index contributed by atoms with van der Waals surface area (Å²) in [5, 5.41) is 4.59. The second kappa shape index (κ2) is 4.06. The van der Waals surface area contributed by atoms with Gasteiger partial charge in [-0.3, -0.25) is 9.20 Å². The average molecular weight is 247 g/mol. The highest BCUT2D eigenvalue weighted by Crippen LogP contribution is 2.14. The zero-order valence-electron chi connectivity index (χ0n) is 8.79. The van der Waals surface area contributed by atoms with Crippen LogP contribution in [-0.2, 0) is 6.54 Å². The van der Waals surface area contributed by atoms with Crippen LogP contribution in [0, 0.1) is 0 Å². The maximum atomic E-state index is 11.9. The summed E-state index contributed by atoms with van der Waals surface area (Å²) >= 11 is 1.44. The second-order valence-corrected chi connectivity index (χ2v) is 4.30. The quantitative estimate of drug-likeness (QED) is 0.769. The van der Waals surface area contributed by atoms with E-state index in [2.05, 4.69) is 10.3 Å². The van der Waals surface area contributed by atoms with Gasteiger partial charge >= 0.3 is 0 Å². The van der Waals surface area contributed by atoms with Crippen molar-refractivity contribution in [3.63, 3.8) is 0 Å². The van der Waals surface area contributed by atoms with E-state index in [9.17, 15) is 4.79 Å². The maximum absolute atomic E-state index is 11.9. The third kappa shape index (κ3) is 1.83. The zero-order valence-corrected chi connectivity index (χ0v) is 9.61. The Labute approximate surface area is 101 Å². The molecule has 0 radical (unpaired) electrons. The Balaban J connectivity index is 1.76. The van der Waals surface area contributed by atoms with Crippen molar-refractivity contribution >= 4 is 22.2 Å². The molecule has 0 bridgehead atoms. The molecule has 1 amide bonds. The number of carbonyl (C=O) groups excluding carboxylic acids is 1. The van der Waals surface area contributed by atoms with Gasteiger partial charge in [0.05, 0.1) is 12.8 Å². The van der Waals surface area contributed by atoms with Crippen LogP contribution in [-0.4, -0.2) is 15.3 Å². The lowest BCUT2D eigenvalue weighted by Gasteiger charge is -2.01. The van der Waals surface area contributed by atoms with E-state index in [0.29, 0.717) is 12.2 Å². The molecule has 0 aromatic carbocycles. The predicted molar refractivity (Wildman–Crippen MR) is 62.9 cm³/mol. The molecule has 0 atom stereocenters. The van der Waals surface area contributed by atoms with Gasteiger partial charge < -0.3 is 9.73 Å². The molecule has 3 heterocycles. The number of aromatic nitrogens is 2. The van der Waals surface area contributed by atoms with Crippen molar-refractivity contribution in [3.05, 3.63) is 47.6 Å². The van der Waals surface area contributed by atoms with Gasteiger partial charge in [0.1, 0.15) is 11.5 Å². The fourth-order valence-corrected chi connectivity index (χ4v) is 2.39. The van der Waals surface area contributed by atoms with Crippen molar-refractivity contribution in [2.75, 3.05) is 0 Å². The van der Waals surface area contributed by atoms with Crippen LogP contribution in [0.15, 0.2) is 40.6 Å². The number of thiazole rings is 1. The molecule has 0 aliphatic rings. The van der Waals surface area contributed by atoms with Crippen molar-refractivity contribution in [1.29, 1.82) is 0 Å². The summed E-state index contributed by atoms with van der Waals surface area (Å²) in [5.74, 6) is 0.598. The average Bonchev–Trinajstić information content (AvgIpc) is 3.02. The summed E-state index contributed by atoms with van der Waals surface area (Å²) in [6, 6.07) is 3.61. The van der Waals surface area contributed by atoms with Gasteiger partial charge in [-0.15, -0.1) is 11.3 Å². The molecule has 3 rings (SSSR count). The molecule has 86 valence electrons. The van der Waals surface area contributed by atoms with Gasteiger partial charge in [-0.05, 0) is 12.1 Å². The molecule has 1 N–H and O–H groups in total. The minimum atomic E-state index is -0.134. The van der Waals surface area contributed by atoms with Crippen LogP contribution in [0.1, 0.15) is 16.2 Å². The monoisotopic (exact) mass is 247 g/mol. The van der Waals surface area contributed by atoms with Crippen LogP contribution in [0.25, 0.3) is 4.96 Å². The summed E-state index contributed by atoms with van der Waals surface area (Å²) in [7, 11) is 0. The number of nitrogens with zero attached hydrogens (tertiary/aromatic N) is 2. The number of hydrogen-bond acceptors (Lipinski definition) is 4. The second-order valence-electron chi connectivity index (χ2n) is 3.46. The van der Waals surface area contributed by atoms with Crippen LogP contribution in [0.2, 0.25) is 0 Å². The Bertz CT molecular complexity index is 639. The standard InChI is InChI=1S/C11H9N3O2S/c15-10(13-6-8-2-1-5-16-8)9-7-17-11-12-3-4-14(9)11/h1-5,7H,6H2,(H,13,15). The molecule has 17 heavy (non-hydrogen) atoms. The van der Waals surface area contributed by atoms with E-state index in [1.807, 2.05) is 6.07 Å². The summed E-state index contributed by atoms with van der Waals surface area (Å²) < 4.78 is 6.91. The highest BCUT2D eigenvalue weighted by molar-refractivity contribution is 7.15. The van der Waals surface area contributed by atoms with Crippen LogP contribution in [0.5, 0.6) is 0 Å². The van der Waals surface area contributed by atoms with Gasteiger partial charge in [-0.2, -0.15) is 0 Å². The highest BCUT2D eigenvalue weighted by Gasteiger charge is 2.12. The Hall–Kier alpha value is -2.08. The minimum Gasteiger partial charge on any atom is -0.467 e. The van der Waals surface area contributed by atoms with Crippen molar-refractivity contribution < 1.29 is 9.21 Å². The van der Waals surface area contributed by atoms with Gasteiger partial charge in [-0.1, -0.05) is 0 Å². The van der Waals surface area contributed by atoms with E-state index < -0.39 is 0 Å². The molecule has 0 saturated heterocycles. The number of rotatable bonds is 3. The molecule has 3 aromatic heterocycles. The first-order valence-electron chi connectivity index (χ1n) is 5.06. The van der Waals surface area contributed by atoms with Crippen LogP contribution in [0.3, 0.4) is 0 Å². The first kappa shape index (κ1) is 10.1. The number of fused-ring (bicyclic) bond motifs is 1. The number of nitrogens with one attached hydrogen (secondary N) is 1. The van der Waals surface area contributed by atoms with Gasteiger partial charge in [-0.25, -0.2) is 4.98 Å². The van der Waals surface area contributed by atoms with Gasteiger partial charge in [0.15, 0.2) is 4.96 Å². The maximum Gasteiger partial charge on any atom is 0.269 e. The number of imidazole rings is 1. The fourth-order valence-electron chi connectivity index (χ4n) is 1.56. The third-order valence-electron chi connectivity index (χ3n) is 2.38. The molecule has 0 fully saturated rings. The van der Waals surface area contributed by atoms with E-state index in [-0.39, 0.29) is 5.91 Å². The Kier molecular flexibility index (Phi) is 2.41. The first-order valence-corrected chi connectivity index (χ1v) is 5.94. The summed E-state index contributed by atoms with van der Waals surface area (Å²) in [6.07, 6.45) is 5.03. The summed E-state index contributed by atoms with van der Waals surface area (Å²) in [5.41, 5.74) is 0.592. The van der Waals surface area contributed by atoms with E-state index in [1.54, 1.807) is 34.5 Å². The van der Waals surface area contributed by atoms with E-state index in [1.165, 1.54) is 11.3 Å². The van der Waals surface area contributed by atoms with E-state index >= 15 is 0 Å². The van der Waals surface area contributed by atoms with Crippen LogP contribution in [0.4, 0.5) is 0 Å². The number of carbonyl (C=O) groups is 1. The van der Waals surface area contributed by atoms with E-state index in [0.717, 1.165) is 10.7 Å². The van der Waals surface area contributed by atoms with Crippen molar-refractivity contribution in [1.82, 2.24) is 14.7 Å². The minimum absolute atomic E-state index is 0.134. The first-order chi connectivity index (χ1) is 8.34. The third-order valence-corrected chi connectivity index (χ3v) is 3.23. The van der Waals surface area contributed by atoms with Crippen molar-refractivity contribution in [2.24, 2.45) is 0 Å². The van der Waals surface area contributed by atoms with E-state index in [4.69, 9.17) is 4.42 Å². The lowest BCUT2D eigenvalue weighted by atomic mass is 10.4.